The predicted molar refractivity (Wildman–Crippen MR) is 77.1 cm³/mol. The van der Waals surface area contributed by atoms with Gasteiger partial charge in [0.05, 0.1) is 18.1 Å². The standard InChI is InChI=1S/C14H21ClN2S/c15-9-12-11-18-13(16-12)10-17-7-5-14(6-8-17)3-1-2-4-14/h11H,1-10H2. The molecule has 18 heavy (non-hydrogen) atoms. The molecule has 2 aliphatic rings. The Bertz CT molecular complexity index is 388. The number of aromatic nitrogens is 1. The molecule has 0 N–H and O–H groups in total. The van der Waals surface area contributed by atoms with Crippen LogP contribution in [0.1, 0.15) is 49.2 Å². The molecular weight excluding hydrogens is 264 g/mol. The average Bonchev–Trinajstić information content (AvgIpc) is 3.02. The highest BCUT2D eigenvalue weighted by Crippen LogP contribution is 2.46. The second kappa shape index (κ2) is 5.48. The van der Waals surface area contributed by atoms with E-state index in [0.29, 0.717) is 5.88 Å². The average molecular weight is 285 g/mol. The summed E-state index contributed by atoms with van der Waals surface area (Å²) in [6.45, 7) is 3.54. The zero-order chi connectivity index (χ0) is 12.4. The molecule has 2 fully saturated rings. The van der Waals surface area contributed by atoms with Crippen LogP contribution in [0.3, 0.4) is 0 Å². The highest BCUT2D eigenvalue weighted by Gasteiger charge is 2.36. The van der Waals surface area contributed by atoms with Crippen LogP contribution in [0.5, 0.6) is 0 Å². The van der Waals surface area contributed by atoms with Gasteiger partial charge in [0.15, 0.2) is 0 Å². The minimum absolute atomic E-state index is 0.541. The van der Waals surface area contributed by atoms with E-state index in [4.69, 9.17) is 11.6 Å². The summed E-state index contributed by atoms with van der Waals surface area (Å²) in [6.07, 6.45) is 8.70. The highest BCUT2D eigenvalue weighted by molar-refractivity contribution is 7.09. The maximum atomic E-state index is 5.80. The van der Waals surface area contributed by atoms with Gasteiger partial charge in [-0.1, -0.05) is 12.8 Å². The monoisotopic (exact) mass is 284 g/mol. The molecule has 0 amide bonds. The number of piperidine rings is 1. The van der Waals surface area contributed by atoms with E-state index in [2.05, 4.69) is 15.3 Å². The van der Waals surface area contributed by atoms with Gasteiger partial charge in [-0.25, -0.2) is 4.98 Å². The van der Waals surface area contributed by atoms with Gasteiger partial charge in [-0.2, -0.15) is 0 Å². The molecule has 0 aromatic carbocycles. The van der Waals surface area contributed by atoms with Crippen LogP contribution in [0.25, 0.3) is 0 Å². The van der Waals surface area contributed by atoms with Crippen molar-refractivity contribution in [3.8, 4) is 0 Å². The van der Waals surface area contributed by atoms with Crippen molar-refractivity contribution in [3.05, 3.63) is 16.1 Å². The Kier molecular flexibility index (Phi) is 3.92. The fourth-order valence-electron chi connectivity index (χ4n) is 3.48. The van der Waals surface area contributed by atoms with E-state index in [1.54, 1.807) is 11.3 Å². The van der Waals surface area contributed by atoms with Gasteiger partial charge < -0.3 is 0 Å². The van der Waals surface area contributed by atoms with Crippen molar-refractivity contribution in [1.82, 2.24) is 9.88 Å². The molecule has 0 unspecified atom stereocenters. The molecule has 4 heteroatoms. The first-order chi connectivity index (χ1) is 8.80. The lowest BCUT2D eigenvalue weighted by Crippen LogP contribution is -2.38. The Balaban J connectivity index is 1.53. The molecule has 0 bridgehead atoms. The lowest BCUT2D eigenvalue weighted by Gasteiger charge is -2.39. The van der Waals surface area contributed by atoms with E-state index in [1.165, 1.54) is 56.6 Å². The maximum Gasteiger partial charge on any atom is 0.107 e. The molecule has 1 saturated heterocycles. The van der Waals surface area contributed by atoms with E-state index in [1.807, 2.05) is 0 Å². The first-order valence-electron chi connectivity index (χ1n) is 7.01. The zero-order valence-electron chi connectivity index (χ0n) is 10.8. The van der Waals surface area contributed by atoms with Gasteiger partial charge in [0, 0.05) is 5.38 Å². The molecule has 1 aromatic rings. The summed E-state index contributed by atoms with van der Waals surface area (Å²) in [6, 6.07) is 0. The van der Waals surface area contributed by atoms with Crippen LogP contribution in [-0.4, -0.2) is 23.0 Å². The van der Waals surface area contributed by atoms with Crippen molar-refractivity contribution in [2.45, 2.75) is 50.9 Å². The summed E-state index contributed by atoms with van der Waals surface area (Å²) < 4.78 is 0. The number of nitrogens with zero attached hydrogens (tertiary/aromatic N) is 2. The van der Waals surface area contributed by atoms with Crippen molar-refractivity contribution in [2.75, 3.05) is 13.1 Å². The number of rotatable bonds is 3. The molecule has 1 spiro atoms. The van der Waals surface area contributed by atoms with Gasteiger partial charge in [-0.3, -0.25) is 4.90 Å². The molecule has 1 aliphatic heterocycles. The molecule has 0 atom stereocenters. The molecule has 100 valence electrons. The smallest absolute Gasteiger partial charge is 0.107 e. The molecule has 2 nitrogen and oxygen atoms in total. The molecule has 1 aliphatic carbocycles. The second-order valence-corrected chi connectivity index (χ2v) is 7.06. The van der Waals surface area contributed by atoms with Gasteiger partial charge >= 0.3 is 0 Å². The quantitative estimate of drug-likeness (QED) is 0.779. The minimum Gasteiger partial charge on any atom is -0.297 e. The highest BCUT2D eigenvalue weighted by atomic mass is 35.5. The van der Waals surface area contributed by atoms with Crippen molar-refractivity contribution in [1.29, 1.82) is 0 Å². The summed E-state index contributed by atoms with van der Waals surface area (Å²) in [4.78, 5) is 7.13. The van der Waals surface area contributed by atoms with Crippen molar-refractivity contribution in [3.63, 3.8) is 0 Å². The van der Waals surface area contributed by atoms with Crippen LogP contribution < -0.4 is 0 Å². The van der Waals surface area contributed by atoms with E-state index in [9.17, 15) is 0 Å². The third-order valence-corrected chi connectivity index (χ3v) is 5.83. The van der Waals surface area contributed by atoms with E-state index in [0.717, 1.165) is 17.7 Å². The van der Waals surface area contributed by atoms with Crippen molar-refractivity contribution in [2.24, 2.45) is 5.41 Å². The third kappa shape index (κ3) is 2.73. The second-order valence-electron chi connectivity index (χ2n) is 5.85. The van der Waals surface area contributed by atoms with E-state index in [-0.39, 0.29) is 0 Å². The van der Waals surface area contributed by atoms with Crippen LogP contribution >= 0.6 is 22.9 Å². The summed E-state index contributed by atoms with van der Waals surface area (Å²) in [5.41, 5.74) is 1.75. The Morgan fingerprint density at radius 2 is 1.94 bits per heavy atom. The first-order valence-corrected chi connectivity index (χ1v) is 8.43. The Hall–Kier alpha value is -0.120. The topological polar surface area (TPSA) is 16.1 Å². The summed E-state index contributed by atoms with van der Waals surface area (Å²) in [5.74, 6) is 0.541. The van der Waals surface area contributed by atoms with Crippen molar-refractivity contribution >= 4 is 22.9 Å². The number of hydrogen-bond acceptors (Lipinski definition) is 3. The normalized spacial score (nSPS) is 23.8. The van der Waals surface area contributed by atoms with Gasteiger partial charge in [-0.05, 0) is 44.2 Å². The fraction of sp³-hybridized carbons (Fsp3) is 0.786. The Labute approximate surface area is 118 Å². The lowest BCUT2D eigenvalue weighted by molar-refractivity contribution is 0.103. The molecule has 0 radical (unpaired) electrons. The number of thiazole rings is 1. The van der Waals surface area contributed by atoms with E-state index >= 15 is 0 Å². The minimum atomic E-state index is 0.541. The molecule has 3 rings (SSSR count). The van der Waals surface area contributed by atoms with Crippen LogP contribution in [0.4, 0.5) is 0 Å². The van der Waals surface area contributed by atoms with Crippen molar-refractivity contribution < 1.29 is 0 Å². The van der Waals surface area contributed by atoms with Crippen LogP contribution in [0.2, 0.25) is 0 Å². The Morgan fingerprint density at radius 1 is 1.22 bits per heavy atom. The Morgan fingerprint density at radius 3 is 2.56 bits per heavy atom. The van der Waals surface area contributed by atoms with Gasteiger partial charge in [0.1, 0.15) is 5.01 Å². The summed E-state index contributed by atoms with van der Waals surface area (Å²) >= 11 is 7.55. The fourth-order valence-corrected chi connectivity index (χ4v) is 4.55. The zero-order valence-corrected chi connectivity index (χ0v) is 12.4. The molecular formula is C14H21ClN2S. The SMILES string of the molecule is ClCc1csc(CN2CCC3(CCCC3)CC2)n1. The molecule has 2 heterocycles. The number of alkyl halides is 1. The number of hydrogen-bond donors (Lipinski definition) is 0. The van der Waals surface area contributed by atoms with Gasteiger partial charge in [0.2, 0.25) is 0 Å². The van der Waals surface area contributed by atoms with Crippen LogP contribution in [0.15, 0.2) is 5.38 Å². The largest absolute Gasteiger partial charge is 0.297 e. The van der Waals surface area contributed by atoms with Gasteiger partial charge in [-0.15, -0.1) is 22.9 Å². The number of halogens is 1. The molecule has 1 aromatic heterocycles. The van der Waals surface area contributed by atoms with Gasteiger partial charge in [0.25, 0.3) is 0 Å². The summed E-state index contributed by atoms with van der Waals surface area (Å²) in [5, 5.41) is 3.32. The lowest BCUT2D eigenvalue weighted by atomic mass is 9.77. The maximum absolute atomic E-state index is 5.80. The first kappa shape index (κ1) is 12.9. The van der Waals surface area contributed by atoms with Crippen LogP contribution in [-0.2, 0) is 12.4 Å². The number of likely N-dealkylation sites (tertiary alicyclic amines) is 1. The third-order valence-electron chi connectivity index (χ3n) is 4.68. The van der Waals surface area contributed by atoms with Crippen LogP contribution in [0, 0.1) is 5.41 Å². The van der Waals surface area contributed by atoms with E-state index < -0.39 is 0 Å². The predicted octanol–water partition coefficient (Wildman–Crippen LogP) is 4.04. The summed E-state index contributed by atoms with van der Waals surface area (Å²) in [7, 11) is 0. The molecule has 1 saturated carbocycles.